The molecule has 0 aromatic heterocycles. The molecular formula is C14H20NO6P. The van der Waals surface area contributed by atoms with Crippen molar-refractivity contribution in [1.82, 2.24) is 0 Å². The lowest BCUT2D eigenvalue weighted by Gasteiger charge is -2.14. The second-order valence-corrected chi connectivity index (χ2v) is 5.46. The first-order chi connectivity index (χ1) is 10.6. The van der Waals surface area contributed by atoms with Gasteiger partial charge in [0.25, 0.3) is 0 Å². The average molecular weight is 329 g/mol. The minimum absolute atomic E-state index is 0.109. The molecule has 0 aliphatic heterocycles. The summed E-state index contributed by atoms with van der Waals surface area (Å²) in [6.45, 7) is 5.37. The summed E-state index contributed by atoms with van der Waals surface area (Å²) in [6.07, 6.45) is 0. The second kappa shape index (κ2) is 9.35. The molecule has 0 aliphatic carbocycles. The van der Waals surface area contributed by atoms with E-state index in [-0.39, 0.29) is 25.5 Å². The highest BCUT2D eigenvalue weighted by Gasteiger charge is 2.28. The molecule has 0 amide bonds. The molecule has 0 bridgehead atoms. The van der Waals surface area contributed by atoms with Crippen molar-refractivity contribution in [2.24, 2.45) is 5.16 Å². The van der Waals surface area contributed by atoms with Crippen LogP contribution >= 0.6 is 7.82 Å². The summed E-state index contributed by atoms with van der Waals surface area (Å²) < 4.78 is 31.9. The molecule has 0 saturated carbocycles. The van der Waals surface area contributed by atoms with Gasteiger partial charge in [-0.2, -0.15) is 0 Å². The molecule has 1 aromatic carbocycles. The number of oxime groups is 1. The Labute approximate surface area is 129 Å². The maximum absolute atomic E-state index is 12.2. The predicted octanol–water partition coefficient (Wildman–Crippen LogP) is 3.15. The smallest absolute Gasteiger partial charge is 0.461 e. The average Bonchev–Trinajstić information content (AvgIpc) is 2.49. The van der Waals surface area contributed by atoms with E-state index in [1.807, 2.05) is 0 Å². The summed E-state index contributed by atoms with van der Waals surface area (Å²) in [7, 11) is -3.85. The number of hydrogen-bond acceptors (Lipinski definition) is 7. The molecule has 0 heterocycles. The minimum Gasteiger partial charge on any atom is -0.461 e. The molecule has 0 aliphatic rings. The van der Waals surface area contributed by atoms with Crippen LogP contribution in [0.15, 0.2) is 35.5 Å². The summed E-state index contributed by atoms with van der Waals surface area (Å²) in [5.41, 5.74) is 0.363. The van der Waals surface area contributed by atoms with Crippen molar-refractivity contribution in [2.45, 2.75) is 20.8 Å². The number of carbonyl (C=O) groups excluding carboxylic acids is 1. The van der Waals surface area contributed by atoms with Gasteiger partial charge in [-0.1, -0.05) is 35.5 Å². The molecule has 0 unspecified atom stereocenters. The Morgan fingerprint density at radius 1 is 1.05 bits per heavy atom. The fourth-order valence-electron chi connectivity index (χ4n) is 1.49. The maximum Gasteiger partial charge on any atom is 0.550 e. The van der Waals surface area contributed by atoms with Crippen molar-refractivity contribution in [1.29, 1.82) is 0 Å². The molecule has 0 atom stereocenters. The third-order valence-corrected chi connectivity index (χ3v) is 3.75. The number of ether oxygens (including phenoxy) is 1. The van der Waals surface area contributed by atoms with Gasteiger partial charge in [0.05, 0.1) is 19.8 Å². The zero-order chi connectivity index (χ0) is 16.4. The van der Waals surface area contributed by atoms with Crippen LogP contribution in [0.5, 0.6) is 0 Å². The third-order valence-electron chi connectivity index (χ3n) is 2.32. The molecule has 122 valence electrons. The predicted molar refractivity (Wildman–Crippen MR) is 81.6 cm³/mol. The quantitative estimate of drug-likeness (QED) is 0.299. The Bertz CT molecular complexity index is 536. The molecule has 22 heavy (non-hydrogen) atoms. The third kappa shape index (κ3) is 5.60. The summed E-state index contributed by atoms with van der Waals surface area (Å²) in [4.78, 5) is 12.0. The van der Waals surface area contributed by atoms with Crippen molar-refractivity contribution in [2.75, 3.05) is 19.8 Å². The van der Waals surface area contributed by atoms with Crippen LogP contribution in [0, 0.1) is 0 Å². The van der Waals surface area contributed by atoms with Gasteiger partial charge in [0.1, 0.15) is 0 Å². The Morgan fingerprint density at radius 3 is 2.14 bits per heavy atom. The number of carbonyl (C=O) groups is 1. The SMILES string of the molecule is CCOC(=O)/C(=N\OP(=O)(OCC)OCC)c1ccccc1. The van der Waals surface area contributed by atoms with Gasteiger partial charge in [-0.15, -0.1) is 0 Å². The number of phosphoric acid groups is 1. The fourth-order valence-corrected chi connectivity index (χ4v) is 2.48. The molecule has 1 aromatic rings. The van der Waals surface area contributed by atoms with E-state index >= 15 is 0 Å². The molecule has 0 N–H and O–H groups in total. The van der Waals surface area contributed by atoms with Gasteiger partial charge < -0.3 is 4.74 Å². The van der Waals surface area contributed by atoms with Crippen LogP contribution in [0.2, 0.25) is 0 Å². The maximum atomic E-state index is 12.2. The van der Waals surface area contributed by atoms with Gasteiger partial charge in [-0.25, -0.2) is 9.36 Å². The fraction of sp³-hybridized carbons (Fsp3) is 0.429. The Hall–Kier alpha value is -1.69. The van der Waals surface area contributed by atoms with E-state index in [1.165, 1.54) is 0 Å². The zero-order valence-corrected chi connectivity index (χ0v) is 13.7. The summed E-state index contributed by atoms with van der Waals surface area (Å²) in [5.74, 6) is -0.687. The van der Waals surface area contributed by atoms with Crippen LogP contribution < -0.4 is 0 Å². The number of phosphoric ester groups is 1. The first-order valence-corrected chi connectivity index (χ1v) is 8.40. The number of hydrogen-bond donors (Lipinski definition) is 0. The van der Waals surface area contributed by atoms with Crippen LogP contribution in [0.4, 0.5) is 0 Å². The Morgan fingerprint density at radius 2 is 1.64 bits per heavy atom. The first kappa shape index (κ1) is 18.4. The standard InChI is InChI=1S/C14H20NO6P/c1-4-18-14(16)13(12-10-8-7-9-11-12)15-21-22(17,19-5-2)20-6-3/h7-11H,4-6H2,1-3H3/b15-13-. The molecule has 0 saturated heterocycles. The normalized spacial score (nSPS) is 12.0. The van der Waals surface area contributed by atoms with Crippen molar-refractivity contribution >= 4 is 19.5 Å². The van der Waals surface area contributed by atoms with E-state index in [4.69, 9.17) is 18.4 Å². The number of benzene rings is 1. The number of nitrogens with zero attached hydrogens (tertiary/aromatic N) is 1. The molecular weight excluding hydrogens is 309 g/mol. The van der Waals surface area contributed by atoms with Gasteiger partial charge in [-0.3, -0.25) is 13.7 Å². The van der Waals surface area contributed by atoms with Gasteiger partial charge >= 0.3 is 13.8 Å². The molecule has 0 fully saturated rings. The summed E-state index contributed by atoms with van der Waals surface area (Å²) >= 11 is 0. The van der Waals surface area contributed by atoms with Crippen LogP contribution in [0.25, 0.3) is 0 Å². The van der Waals surface area contributed by atoms with Gasteiger partial charge in [0, 0.05) is 5.56 Å². The lowest BCUT2D eigenvalue weighted by atomic mass is 10.1. The molecule has 7 nitrogen and oxygen atoms in total. The van der Waals surface area contributed by atoms with Crippen molar-refractivity contribution < 1.29 is 27.8 Å². The number of rotatable bonds is 9. The second-order valence-electron chi connectivity index (χ2n) is 3.89. The monoisotopic (exact) mass is 329 g/mol. The summed E-state index contributed by atoms with van der Waals surface area (Å²) in [5, 5.41) is 3.65. The van der Waals surface area contributed by atoms with Gasteiger partial charge in [0.15, 0.2) is 5.71 Å². The number of esters is 1. The van der Waals surface area contributed by atoms with E-state index < -0.39 is 13.8 Å². The van der Waals surface area contributed by atoms with Gasteiger partial charge in [-0.05, 0) is 20.8 Å². The van der Waals surface area contributed by atoms with E-state index in [2.05, 4.69) is 5.16 Å². The first-order valence-electron chi connectivity index (χ1n) is 6.94. The highest BCUT2D eigenvalue weighted by Crippen LogP contribution is 2.49. The van der Waals surface area contributed by atoms with Crippen molar-refractivity contribution in [3.8, 4) is 0 Å². The summed E-state index contributed by atoms with van der Waals surface area (Å²) in [6, 6.07) is 8.57. The Balaban J connectivity index is 3.05. The lowest BCUT2D eigenvalue weighted by Crippen LogP contribution is -2.19. The van der Waals surface area contributed by atoms with E-state index in [0.717, 1.165) is 0 Å². The van der Waals surface area contributed by atoms with Crippen LogP contribution in [-0.2, 0) is 27.8 Å². The largest absolute Gasteiger partial charge is 0.550 e. The topological polar surface area (TPSA) is 83.4 Å². The van der Waals surface area contributed by atoms with Crippen molar-refractivity contribution in [3.63, 3.8) is 0 Å². The van der Waals surface area contributed by atoms with Crippen LogP contribution in [0.1, 0.15) is 26.3 Å². The molecule has 0 spiro atoms. The highest BCUT2D eigenvalue weighted by molar-refractivity contribution is 7.48. The van der Waals surface area contributed by atoms with Gasteiger partial charge in [0.2, 0.25) is 0 Å². The zero-order valence-electron chi connectivity index (χ0n) is 12.9. The van der Waals surface area contributed by atoms with Crippen molar-refractivity contribution in [3.05, 3.63) is 35.9 Å². The van der Waals surface area contributed by atoms with Crippen LogP contribution in [-0.4, -0.2) is 31.5 Å². The van der Waals surface area contributed by atoms with E-state index in [0.29, 0.717) is 5.56 Å². The minimum atomic E-state index is -3.85. The Kier molecular flexibility index (Phi) is 7.80. The highest BCUT2D eigenvalue weighted by atomic mass is 31.2. The van der Waals surface area contributed by atoms with E-state index in [9.17, 15) is 9.36 Å². The molecule has 0 radical (unpaired) electrons. The van der Waals surface area contributed by atoms with E-state index in [1.54, 1.807) is 51.1 Å². The molecule has 1 rings (SSSR count). The lowest BCUT2D eigenvalue weighted by molar-refractivity contribution is -0.135. The van der Waals surface area contributed by atoms with Crippen LogP contribution in [0.3, 0.4) is 0 Å². The molecule has 8 heteroatoms.